The van der Waals surface area contributed by atoms with Gasteiger partial charge in [0.1, 0.15) is 18.5 Å². The van der Waals surface area contributed by atoms with Crippen LogP contribution >= 0.6 is 0 Å². The van der Waals surface area contributed by atoms with E-state index in [0.29, 0.717) is 0 Å². The monoisotopic (exact) mass is 225 g/mol. The third kappa shape index (κ3) is 4.18. The Morgan fingerprint density at radius 3 is 2.81 bits per heavy atom. The molecule has 90 valence electrons. The second-order valence-corrected chi connectivity index (χ2v) is 3.54. The normalized spacial score (nSPS) is 12.4. The second kappa shape index (κ2) is 7.22. The molecule has 4 heteroatoms. The molecule has 0 amide bonds. The highest BCUT2D eigenvalue weighted by atomic mass is 16.5. The number of para-hydroxylation sites is 1. The van der Waals surface area contributed by atoms with Crippen molar-refractivity contribution in [1.82, 2.24) is 5.32 Å². The average molecular weight is 225 g/mol. The van der Waals surface area contributed by atoms with Crippen LogP contribution in [0.2, 0.25) is 0 Å². The van der Waals surface area contributed by atoms with Crippen LogP contribution < -0.4 is 10.1 Å². The van der Waals surface area contributed by atoms with E-state index in [1.165, 1.54) is 0 Å². The topological polar surface area (TPSA) is 61.7 Å². The molecule has 0 fully saturated rings. The number of hydrogen-bond acceptors (Lipinski definition) is 4. The molecule has 0 aromatic heterocycles. The molecular formula is C12H19NO3. The lowest BCUT2D eigenvalue weighted by Gasteiger charge is -2.13. The standard InChI is InChI=1S/C12H19NO3/c1-2-13-7-10-5-3-4-6-12(10)16-9-11(15)8-14/h3-6,11,13-15H,2,7-9H2,1H3. The van der Waals surface area contributed by atoms with Crippen LogP contribution in [-0.4, -0.2) is 36.1 Å². The minimum absolute atomic E-state index is 0.111. The minimum atomic E-state index is -0.827. The van der Waals surface area contributed by atoms with Gasteiger partial charge in [-0.05, 0) is 12.6 Å². The zero-order chi connectivity index (χ0) is 11.8. The highest BCUT2D eigenvalue weighted by Crippen LogP contribution is 2.17. The van der Waals surface area contributed by atoms with Crippen LogP contribution in [0.15, 0.2) is 24.3 Å². The van der Waals surface area contributed by atoms with Crippen molar-refractivity contribution in [3.8, 4) is 5.75 Å². The number of aliphatic hydroxyl groups is 2. The first kappa shape index (κ1) is 13.0. The predicted octanol–water partition coefficient (Wildman–Crippen LogP) is 0.528. The van der Waals surface area contributed by atoms with Gasteiger partial charge >= 0.3 is 0 Å². The maximum Gasteiger partial charge on any atom is 0.123 e. The summed E-state index contributed by atoms with van der Waals surface area (Å²) < 4.78 is 5.44. The van der Waals surface area contributed by atoms with Crippen molar-refractivity contribution < 1.29 is 14.9 Å². The van der Waals surface area contributed by atoms with Gasteiger partial charge in [-0.15, -0.1) is 0 Å². The zero-order valence-electron chi connectivity index (χ0n) is 9.52. The lowest BCUT2D eigenvalue weighted by Crippen LogP contribution is -2.22. The van der Waals surface area contributed by atoms with Gasteiger partial charge in [-0.2, -0.15) is 0 Å². The molecule has 3 N–H and O–H groups in total. The SMILES string of the molecule is CCNCc1ccccc1OCC(O)CO. The first-order chi connectivity index (χ1) is 7.77. The first-order valence-electron chi connectivity index (χ1n) is 5.48. The summed E-state index contributed by atoms with van der Waals surface area (Å²) >= 11 is 0. The lowest BCUT2D eigenvalue weighted by molar-refractivity contribution is 0.0533. The highest BCUT2D eigenvalue weighted by Gasteiger charge is 2.06. The Morgan fingerprint density at radius 1 is 1.38 bits per heavy atom. The summed E-state index contributed by atoms with van der Waals surface area (Å²) in [4.78, 5) is 0. The summed E-state index contributed by atoms with van der Waals surface area (Å²) in [6, 6.07) is 7.66. The fourth-order valence-corrected chi connectivity index (χ4v) is 1.29. The van der Waals surface area contributed by atoms with E-state index in [1.807, 2.05) is 31.2 Å². The van der Waals surface area contributed by atoms with Crippen LogP contribution in [0.5, 0.6) is 5.75 Å². The van der Waals surface area contributed by atoms with E-state index in [2.05, 4.69) is 5.32 Å². The molecule has 0 spiro atoms. The maximum atomic E-state index is 9.20. The van der Waals surface area contributed by atoms with Crippen molar-refractivity contribution in [3.63, 3.8) is 0 Å². The fraction of sp³-hybridized carbons (Fsp3) is 0.500. The minimum Gasteiger partial charge on any atom is -0.490 e. The Hall–Kier alpha value is -1.10. The average Bonchev–Trinajstić information content (AvgIpc) is 2.34. The Balaban J connectivity index is 2.56. The van der Waals surface area contributed by atoms with E-state index in [4.69, 9.17) is 9.84 Å². The lowest BCUT2D eigenvalue weighted by atomic mass is 10.2. The van der Waals surface area contributed by atoms with Gasteiger partial charge in [-0.25, -0.2) is 0 Å². The molecule has 1 unspecified atom stereocenters. The van der Waals surface area contributed by atoms with Crippen LogP contribution in [0, 0.1) is 0 Å². The van der Waals surface area contributed by atoms with Crippen LogP contribution in [0.4, 0.5) is 0 Å². The smallest absolute Gasteiger partial charge is 0.123 e. The van der Waals surface area contributed by atoms with E-state index in [0.717, 1.165) is 24.4 Å². The molecule has 0 radical (unpaired) electrons. The van der Waals surface area contributed by atoms with Crippen LogP contribution in [0.25, 0.3) is 0 Å². The summed E-state index contributed by atoms with van der Waals surface area (Å²) in [5.41, 5.74) is 1.05. The highest BCUT2D eigenvalue weighted by molar-refractivity contribution is 5.33. The molecule has 1 aromatic rings. The molecule has 1 aromatic carbocycles. The summed E-state index contributed by atoms with van der Waals surface area (Å²) in [7, 11) is 0. The van der Waals surface area contributed by atoms with Gasteiger partial charge in [0.05, 0.1) is 6.61 Å². The van der Waals surface area contributed by atoms with Gasteiger partial charge in [0, 0.05) is 12.1 Å². The third-order valence-corrected chi connectivity index (χ3v) is 2.18. The molecule has 16 heavy (non-hydrogen) atoms. The zero-order valence-corrected chi connectivity index (χ0v) is 9.52. The Morgan fingerprint density at radius 2 is 2.12 bits per heavy atom. The maximum absolute atomic E-state index is 9.20. The summed E-state index contributed by atoms with van der Waals surface area (Å²) in [5.74, 6) is 0.746. The molecule has 1 rings (SSSR count). The molecule has 0 aliphatic rings. The third-order valence-electron chi connectivity index (χ3n) is 2.18. The fourth-order valence-electron chi connectivity index (χ4n) is 1.29. The summed E-state index contributed by atoms with van der Waals surface area (Å²) in [5, 5.41) is 21.1. The first-order valence-corrected chi connectivity index (χ1v) is 5.48. The van der Waals surface area contributed by atoms with Crippen molar-refractivity contribution in [2.75, 3.05) is 19.8 Å². The van der Waals surface area contributed by atoms with Gasteiger partial charge in [0.2, 0.25) is 0 Å². The molecule has 1 atom stereocenters. The van der Waals surface area contributed by atoms with Crippen molar-refractivity contribution in [3.05, 3.63) is 29.8 Å². The van der Waals surface area contributed by atoms with Gasteiger partial charge < -0.3 is 20.3 Å². The van der Waals surface area contributed by atoms with Crippen LogP contribution in [-0.2, 0) is 6.54 Å². The number of benzene rings is 1. The van der Waals surface area contributed by atoms with Crippen LogP contribution in [0.3, 0.4) is 0 Å². The quantitative estimate of drug-likeness (QED) is 0.633. The Labute approximate surface area is 95.9 Å². The van der Waals surface area contributed by atoms with Gasteiger partial charge in [0.25, 0.3) is 0 Å². The molecular weight excluding hydrogens is 206 g/mol. The summed E-state index contributed by atoms with van der Waals surface area (Å²) in [6.07, 6.45) is -0.827. The van der Waals surface area contributed by atoms with Crippen molar-refractivity contribution in [2.45, 2.75) is 19.6 Å². The van der Waals surface area contributed by atoms with Crippen LogP contribution in [0.1, 0.15) is 12.5 Å². The van der Waals surface area contributed by atoms with E-state index in [-0.39, 0.29) is 13.2 Å². The predicted molar refractivity (Wildman–Crippen MR) is 62.4 cm³/mol. The van der Waals surface area contributed by atoms with Gasteiger partial charge in [-0.3, -0.25) is 0 Å². The Kier molecular flexibility index (Phi) is 5.85. The van der Waals surface area contributed by atoms with E-state index in [1.54, 1.807) is 0 Å². The van der Waals surface area contributed by atoms with Crippen molar-refractivity contribution in [2.24, 2.45) is 0 Å². The van der Waals surface area contributed by atoms with E-state index < -0.39 is 6.10 Å². The number of ether oxygens (including phenoxy) is 1. The van der Waals surface area contributed by atoms with Crippen molar-refractivity contribution in [1.29, 1.82) is 0 Å². The molecule has 4 nitrogen and oxygen atoms in total. The number of hydrogen-bond donors (Lipinski definition) is 3. The molecule has 0 heterocycles. The molecule has 0 bridgehead atoms. The van der Waals surface area contributed by atoms with Gasteiger partial charge in [0.15, 0.2) is 0 Å². The second-order valence-electron chi connectivity index (χ2n) is 3.54. The van der Waals surface area contributed by atoms with E-state index in [9.17, 15) is 5.11 Å². The largest absolute Gasteiger partial charge is 0.490 e. The number of aliphatic hydroxyl groups excluding tert-OH is 2. The molecule has 0 aliphatic heterocycles. The van der Waals surface area contributed by atoms with E-state index >= 15 is 0 Å². The number of rotatable bonds is 7. The molecule has 0 aliphatic carbocycles. The Bertz CT molecular complexity index is 304. The molecule has 0 saturated heterocycles. The van der Waals surface area contributed by atoms with Crippen molar-refractivity contribution >= 4 is 0 Å². The molecule has 0 saturated carbocycles. The van der Waals surface area contributed by atoms with Gasteiger partial charge in [-0.1, -0.05) is 25.1 Å². The summed E-state index contributed by atoms with van der Waals surface area (Å²) in [6.45, 7) is 3.50. The number of nitrogens with one attached hydrogen (secondary N) is 1.